The average molecular weight is 407 g/mol. The van der Waals surface area contributed by atoms with E-state index >= 15 is 0 Å². The number of halogens is 3. The van der Waals surface area contributed by atoms with E-state index in [0.717, 1.165) is 10.7 Å². The lowest BCUT2D eigenvalue weighted by Crippen LogP contribution is -2.33. The quantitative estimate of drug-likeness (QED) is 0.489. The van der Waals surface area contributed by atoms with Gasteiger partial charge in [-0.1, -0.05) is 12.1 Å². The molecule has 0 radical (unpaired) electrons. The summed E-state index contributed by atoms with van der Waals surface area (Å²) in [5.41, 5.74) is -1.88. The number of H-pyrrole nitrogens is 1. The summed E-state index contributed by atoms with van der Waals surface area (Å²) in [5.74, 6) is -6.87. The van der Waals surface area contributed by atoms with Gasteiger partial charge < -0.3 is 10.1 Å². The minimum Gasteiger partial charge on any atom is -0.454 e. The van der Waals surface area contributed by atoms with Gasteiger partial charge in [0.05, 0.1) is 16.5 Å². The van der Waals surface area contributed by atoms with Crippen LogP contribution in [0.15, 0.2) is 46.0 Å². The summed E-state index contributed by atoms with van der Waals surface area (Å²) in [6.07, 6.45) is 0. The van der Waals surface area contributed by atoms with Crippen molar-refractivity contribution in [2.45, 2.75) is 6.54 Å². The molecular formula is C18H12F3N3O5. The first-order chi connectivity index (χ1) is 13.8. The average Bonchev–Trinajstić information content (AvgIpc) is 2.71. The summed E-state index contributed by atoms with van der Waals surface area (Å²) < 4.78 is 44.9. The van der Waals surface area contributed by atoms with Crippen molar-refractivity contribution in [2.75, 3.05) is 11.9 Å². The second-order valence-electron chi connectivity index (χ2n) is 5.81. The molecule has 0 spiro atoms. The fourth-order valence-electron chi connectivity index (χ4n) is 2.49. The van der Waals surface area contributed by atoms with E-state index < -0.39 is 59.3 Å². The Morgan fingerprint density at radius 1 is 1.00 bits per heavy atom. The van der Waals surface area contributed by atoms with Gasteiger partial charge in [-0.05, 0) is 24.3 Å². The van der Waals surface area contributed by atoms with Crippen LogP contribution >= 0.6 is 0 Å². The molecule has 3 aromatic rings. The highest BCUT2D eigenvalue weighted by Crippen LogP contribution is 2.19. The Morgan fingerprint density at radius 2 is 1.69 bits per heavy atom. The number of nitrogens with one attached hydrogen (secondary N) is 2. The normalized spacial score (nSPS) is 10.7. The Morgan fingerprint density at radius 3 is 2.41 bits per heavy atom. The maximum absolute atomic E-state index is 13.5. The molecule has 0 atom stereocenters. The number of hydrogen-bond acceptors (Lipinski definition) is 5. The van der Waals surface area contributed by atoms with Gasteiger partial charge in [-0.3, -0.25) is 24.3 Å². The molecule has 0 bridgehead atoms. The smallest absolute Gasteiger partial charge is 0.328 e. The summed E-state index contributed by atoms with van der Waals surface area (Å²) in [6, 6.07) is 7.39. The van der Waals surface area contributed by atoms with E-state index in [0.29, 0.717) is 6.07 Å². The third kappa shape index (κ3) is 4.18. The number of carbonyl (C=O) groups excluding carboxylic acids is 2. The molecule has 1 aromatic heterocycles. The number of nitrogens with zero attached hydrogens (tertiary/aromatic N) is 1. The van der Waals surface area contributed by atoms with Crippen molar-refractivity contribution in [2.24, 2.45) is 0 Å². The molecule has 0 saturated carbocycles. The molecule has 0 saturated heterocycles. The van der Waals surface area contributed by atoms with Crippen molar-refractivity contribution in [3.05, 3.63) is 74.6 Å². The highest BCUT2D eigenvalue weighted by Gasteiger charge is 2.17. The maximum Gasteiger partial charge on any atom is 0.328 e. The van der Waals surface area contributed by atoms with Crippen molar-refractivity contribution in [1.82, 2.24) is 9.78 Å². The first kappa shape index (κ1) is 19.9. The zero-order chi connectivity index (χ0) is 21.1. The van der Waals surface area contributed by atoms with Gasteiger partial charge in [-0.15, -0.1) is 0 Å². The highest BCUT2D eigenvalue weighted by molar-refractivity contribution is 5.92. The van der Waals surface area contributed by atoms with Crippen molar-refractivity contribution < 1.29 is 27.5 Å². The van der Waals surface area contributed by atoms with Crippen molar-refractivity contribution in [1.29, 1.82) is 0 Å². The van der Waals surface area contributed by atoms with Crippen LogP contribution in [-0.2, 0) is 20.9 Å². The number of ether oxygens (including phenoxy) is 1. The van der Waals surface area contributed by atoms with E-state index in [1.54, 1.807) is 12.1 Å². The zero-order valence-corrected chi connectivity index (χ0v) is 14.5. The van der Waals surface area contributed by atoms with Gasteiger partial charge in [0.2, 0.25) is 0 Å². The number of anilines is 1. The summed E-state index contributed by atoms with van der Waals surface area (Å²) in [6.45, 7) is -1.57. The van der Waals surface area contributed by atoms with Crippen LogP contribution in [0.25, 0.3) is 10.8 Å². The molecule has 0 aliphatic heterocycles. The molecule has 150 valence electrons. The lowest BCUT2D eigenvalue weighted by Gasteiger charge is -2.09. The summed E-state index contributed by atoms with van der Waals surface area (Å²) in [5, 5.41) is 4.38. The zero-order valence-electron chi connectivity index (χ0n) is 14.5. The maximum atomic E-state index is 13.5. The fourth-order valence-corrected chi connectivity index (χ4v) is 2.49. The topological polar surface area (TPSA) is 110 Å². The number of fused-ring (bicyclic) bond motifs is 1. The Kier molecular flexibility index (Phi) is 5.48. The van der Waals surface area contributed by atoms with Gasteiger partial charge in [0.25, 0.3) is 17.0 Å². The van der Waals surface area contributed by atoms with E-state index in [4.69, 9.17) is 0 Å². The fraction of sp³-hybridized carbons (Fsp3) is 0.111. The molecule has 2 N–H and O–H groups in total. The van der Waals surface area contributed by atoms with Crippen LogP contribution in [0.5, 0.6) is 0 Å². The Bertz CT molecular complexity index is 1240. The van der Waals surface area contributed by atoms with Gasteiger partial charge in [-0.2, -0.15) is 0 Å². The van der Waals surface area contributed by atoms with E-state index in [9.17, 15) is 32.3 Å². The van der Waals surface area contributed by atoms with E-state index in [-0.39, 0.29) is 10.8 Å². The van der Waals surface area contributed by atoms with E-state index in [1.807, 2.05) is 5.32 Å². The SMILES string of the molecule is O=C(COC(=O)Cn1[nH]c(=O)c2ccccc2c1=O)Nc1ccc(F)c(F)c1F. The van der Waals surface area contributed by atoms with Crippen LogP contribution in [0.2, 0.25) is 0 Å². The second-order valence-corrected chi connectivity index (χ2v) is 5.81. The molecule has 8 nitrogen and oxygen atoms in total. The van der Waals surface area contributed by atoms with E-state index in [1.165, 1.54) is 12.1 Å². The number of amides is 1. The second kappa shape index (κ2) is 8.00. The van der Waals surface area contributed by atoms with Crippen LogP contribution in [0, 0.1) is 17.5 Å². The summed E-state index contributed by atoms with van der Waals surface area (Å²) in [7, 11) is 0. The molecular weight excluding hydrogens is 395 g/mol. The molecule has 29 heavy (non-hydrogen) atoms. The van der Waals surface area contributed by atoms with Gasteiger partial charge in [0, 0.05) is 0 Å². The van der Waals surface area contributed by atoms with Crippen LogP contribution in [0.1, 0.15) is 0 Å². The van der Waals surface area contributed by atoms with Crippen LogP contribution in [-0.4, -0.2) is 28.3 Å². The number of esters is 1. The molecule has 0 aliphatic rings. The molecule has 3 rings (SSSR count). The first-order valence-electron chi connectivity index (χ1n) is 8.08. The largest absolute Gasteiger partial charge is 0.454 e. The Balaban J connectivity index is 1.65. The molecule has 0 aliphatic carbocycles. The number of aromatic amines is 1. The van der Waals surface area contributed by atoms with Crippen LogP contribution in [0.4, 0.5) is 18.9 Å². The molecule has 11 heteroatoms. The van der Waals surface area contributed by atoms with Gasteiger partial charge in [-0.25, -0.2) is 17.9 Å². The molecule has 0 fully saturated rings. The lowest BCUT2D eigenvalue weighted by molar-refractivity contribution is -0.148. The molecule has 1 amide bonds. The lowest BCUT2D eigenvalue weighted by atomic mass is 10.2. The molecule has 2 aromatic carbocycles. The van der Waals surface area contributed by atoms with Gasteiger partial charge in [0.15, 0.2) is 24.1 Å². The minimum absolute atomic E-state index is 0.0932. The third-order valence-corrected chi connectivity index (χ3v) is 3.84. The third-order valence-electron chi connectivity index (χ3n) is 3.84. The van der Waals surface area contributed by atoms with Crippen LogP contribution in [0.3, 0.4) is 0 Å². The first-order valence-corrected chi connectivity index (χ1v) is 8.08. The summed E-state index contributed by atoms with van der Waals surface area (Å²) >= 11 is 0. The molecule has 0 unspecified atom stereocenters. The highest BCUT2D eigenvalue weighted by atomic mass is 19.2. The molecule has 1 heterocycles. The van der Waals surface area contributed by atoms with Crippen LogP contribution < -0.4 is 16.4 Å². The van der Waals surface area contributed by atoms with E-state index in [2.05, 4.69) is 9.84 Å². The van der Waals surface area contributed by atoms with Gasteiger partial charge in [0.1, 0.15) is 6.54 Å². The van der Waals surface area contributed by atoms with Crippen molar-refractivity contribution >= 4 is 28.3 Å². The number of hydrogen-bond donors (Lipinski definition) is 2. The predicted molar refractivity (Wildman–Crippen MR) is 94.7 cm³/mol. The minimum atomic E-state index is -1.76. The number of benzene rings is 2. The Labute approximate surface area is 159 Å². The van der Waals surface area contributed by atoms with Gasteiger partial charge >= 0.3 is 5.97 Å². The van der Waals surface area contributed by atoms with Crippen molar-refractivity contribution in [3.8, 4) is 0 Å². The number of aromatic nitrogens is 2. The summed E-state index contributed by atoms with van der Waals surface area (Å²) in [4.78, 5) is 47.8. The standard InChI is InChI=1S/C18H12F3N3O5/c19-11-5-6-12(16(21)15(11)20)22-13(25)8-29-14(26)7-24-18(28)10-4-2-1-3-9(10)17(27)23-24/h1-6H,7-8H2,(H,22,25)(H,23,27). The monoisotopic (exact) mass is 407 g/mol. The number of rotatable bonds is 5. The number of carbonyl (C=O) groups is 2. The predicted octanol–water partition coefficient (Wildman–Crippen LogP) is 1.29. The Hall–Kier alpha value is -3.89. The van der Waals surface area contributed by atoms with Crippen molar-refractivity contribution in [3.63, 3.8) is 0 Å².